The SMILES string of the molecule is Cc1nn(C)cc1NCc1cccc(F)c1Cl. The topological polar surface area (TPSA) is 29.9 Å². The molecule has 0 aliphatic heterocycles. The molecule has 2 rings (SSSR count). The van der Waals surface area contributed by atoms with Crippen LogP contribution in [0.5, 0.6) is 0 Å². The number of anilines is 1. The zero-order chi connectivity index (χ0) is 12.4. The number of nitrogens with one attached hydrogen (secondary N) is 1. The summed E-state index contributed by atoms with van der Waals surface area (Å²) in [6.07, 6.45) is 1.88. The molecule has 0 aliphatic carbocycles. The van der Waals surface area contributed by atoms with E-state index in [0.29, 0.717) is 6.54 Å². The fourth-order valence-electron chi connectivity index (χ4n) is 1.65. The maximum atomic E-state index is 13.2. The van der Waals surface area contributed by atoms with Crippen LogP contribution in [0, 0.1) is 12.7 Å². The fraction of sp³-hybridized carbons (Fsp3) is 0.250. The summed E-state index contributed by atoms with van der Waals surface area (Å²) in [6.45, 7) is 2.39. The molecule has 0 aliphatic rings. The largest absolute Gasteiger partial charge is 0.378 e. The van der Waals surface area contributed by atoms with Crippen molar-refractivity contribution < 1.29 is 4.39 Å². The predicted octanol–water partition coefficient (Wildman–Crippen LogP) is 3.13. The van der Waals surface area contributed by atoms with Crippen molar-refractivity contribution in [2.45, 2.75) is 13.5 Å². The van der Waals surface area contributed by atoms with E-state index in [2.05, 4.69) is 10.4 Å². The molecule has 0 unspecified atom stereocenters. The average molecular weight is 254 g/mol. The Hall–Kier alpha value is -1.55. The third kappa shape index (κ3) is 2.58. The van der Waals surface area contributed by atoms with Gasteiger partial charge in [-0.1, -0.05) is 23.7 Å². The van der Waals surface area contributed by atoms with Crippen LogP contribution in [-0.2, 0) is 13.6 Å². The van der Waals surface area contributed by atoms with Crippen LogP contribution in [0.3, 0.4) is 0 Å². The molecule has 5 heteroatoms. The molecule has 0 amide bonds. The van der Waals surface area contributed by atoms with E-state index >= 15 is 0 Å². The van der Waals surface area contributed by atoms with Crippen molar-refractivity contribution in [3.05, 3.63) is 46.5 Å². The van der Waals surface area contributed by atoms with E-state index in [0.717, 1.165) is 16.9 Å². The Labute approximate surface area is 104 Å². The second-order valence-electron chi connectivity index (χ2n) is 3.87. The van der Waals surface area contributed by atoms with Crippen molar-refractivity contribution in [1.29, 1.82) is 0 Å². The van der Waals surface area contributed by atoms with Crippen molar-refractivity contribution in [3.8, 4) is 0 Å². The van der Waals surface area contributed by atoms with E-state index in [4.69, 9.17) is 11.6 Å². The standard InChI is InChI=1S/C12H13ClFN3/c1-8-11(7-17(2)16-8)15-6-9-4-3-5-10(14)12(9)13/h3-5,7,15H,6H2,1-2H3. The van der Waals surface area contributed by atoms with Crippen LogP contribution in [-0.4, -0.2) is 9.78 Å². The highest BCUT2D eigenvalue weighted by Gasteiger charge is 2.07. The number of halogens is 2. The van der Waals surface area contributed by atoms with E-state index in [1.54, 1.807) is 16.8 Å². The minimum Gasteiger partial charge on any atom is -0.378 e. The van der Waals surface area contributed by atoms with Crippen LogP contribution in [0.4, 0.5) is 10.1 Å². The summed E-state index contributed by atoms with van der Waals surface area (Å²) in [4.78, 5) is 0. The highest BCUT2D eigenvalue weighted by molar-refractivity contribution is 6.31. The van der Waals surface area contributed by atoms with Crippen molar-refractivity contribution >= 4 is 17.3 Å². The number of nitrogens with zero attached hydrogens (tertiary/aromatic N) is 2. The average Bonchev–Trinajstić information content (AvgIpc) is 2.60. The molecule has 2 aromatic rings. The summed E-state index contributed by atoms with van der Waals surface area (Å²) in [5.74, 6) is -0.395. The van der Waals surface area contributed by atoms with Gasteiger partial charge in [-0.25, -0.2) is 4.39 Å². The fourth-order valence-corrected chi connectivity index (χ4v) is 1.84. The van der Waals surface area contributed by atoms with Crippen molar-refractivity contribution in [3.63, 3.8) is 0 Å². The monoisotopic (exact) mass is 253 g/mol. The van der Waals surface area contributed by atoms with E-state index in [-0.39, 0.29) is 5.02 Å². The van der Waals surface area contributed by atoms with Crippen LogP contribution in [0.15, 0.2) is 24.4 Å². The predicted molar refractivity (Wildman–Crippen MR) is 66.7 cm³/mol. The minimum absolute atomic E-state index is 0.168. The van der Waals surface area contributed by atoms with E-state index in [9.17, 15) is 4.39 Å². The summed E-state index contributed by atoms with van der Waals surface area (Å²) in [7, 11) is 1.85. The minimum atomic E-state index is -0.395. The molecule has 1 N–H and O–H groups in total. The Morgan fingerprint density at radius 3 is 2.88 bits per heavy atom. The van der Waals surface area contributed by atoms with Gasteiger partial charge in [-0.2, -0.15) is 5.10 Å². The maximum absolute atomic E-state index is 13.2. The maximum Gasteiger partial charge on any atom is 0.142 e. The molecule has 90 valence electrons. The Bertz CT molecular complexity index is 537. The zero-order valence-electron chi connectivity index (χ0n) is 9.67. The summed E-state index contributed by atoms with van der Waals surface area (Å²) in [5.41, 5.74) is 2.56. The molecule has 0 atom stereocenters. The Balaban J connectivity index is 2.12. The normalized spacial score (nSPS) is 10.6. The molecule has 1 heterocycles. The molecule has 1 aromatic carbocycles. The summed E-state index contributed by atoms with van der Waals surface area (Å²) in [6, 6.07) is 4.79. The first-order valence-corrected chi connectivity index (χ1v) is 5.62. The summed E-state index contributed by atoms with van der Waals surface area (Å²) >= 11 is 5.87. The van der Waals surface area contributed by atoms with Crippen molar-refractivity contribution in [2.75, 3.05) is 5.32 Å². The number of hydrogen-bond donors (Lipinski definition) is 1. The quantitative estimate of drug-likeness (QED) is 0.911. The number of hydrogen-bond acceptors (Lipinski definition) is 2. The lowest BCUT2D eigenvalue weighted by molar-refractivity contribution is 0.626. The Morgan fingerprint density at radius 2 is 2.24 bits per heavy atom. The highest BCUT2D eigenvalue weighted by atomic mass is 35.5. The second-order valence-corrected chi connectivity index (χ2v) is 4.25. The van der Waals surface area contributed by atoms with Gasteiger partial charge in [0.05, 0.1) is 16.4 Å². The lowest BCUT2D eigenvalue weighted by Crippen LogP contribution is -2.01. The van der Waals surface area contributed by atoms with Crippen molar-refractivity contribution in [1.82, 2.24) is 9.78 Å². The van der Waals surface area contributed by atoms with Crippen LogP contribution >= 0.6 is 11.6 Å². The molecule has 0 spiro atoms. The van der Waals surface area contributed by atoms with E-state index in [1.165, 1.54) is 6.07 Å². The number of aryl methyl sites for hydroxylation is 2. The van der Waals surface area contributed by atoms with E-state index in [1.807, 2.05) is 20.2 Å². The molecule has 3 nitrogen and oxygen atoms in total. The molecule has 0 saturated heterocycles. The first-order valence-electron chi connectivity index (χ1n) is 5.25. The van der Waals surface area contributed by atoms with Gasteiger partial charge in [0, 0.05) is 19.8 Å². The van der Waals surface area contributed by atoms with Gasteiger partial charge in [-0.15, -0.1) is 0 Å². The highest BCUT2D eigenvalue weighted by Crippen LogP contribution is 2.21. The smallest absolute Gasteiger partial charge is 0.142 e. The van der Waals surface area contributed by atoms with Gasteiger partial charge in [0.25, 0.3) is 0 Å². The Kier molecular flexibility index (Phi) is 3.33. The number of aromatic nitrogens is 2. The lowest BCUT2D eigenvalue weighted by Gasteiger charge is -2.07. The van der Waals surface area contributed by atoms with Crippen LogP contribution in [0.25, 0.3) is 0 Å². The van der Waals surface area contributed by atoms with Gasteiger partial charge in [-0.05, 0) is 18.6 Å². The molecule has 0 radical (unpaired) electrons. The van der Waals surface area contributed by atoms with Gasteiger partial charge in [0.1, 0.15) is 5.82 Å². The van der Waals surface area contributed by atoms with Gasteiger partial charge >= 0.3 is 0 Å². The van der Waals surface area contributed by atoms with Gasteiger partial charge in [0.2, 0.25) is 0 Å². The third-order valence-electron chi connectivity index (χ3n) is 2.51. The van der Waals surface area contributed by atoms with Crippen molar-refractivity contribution in [2.24, 2.45) is 7.05 Å². The Morgan fingerprint density at radius 1 is 1.47 bits per heavy atom. The molecular formula is C12H13ClFN3. The zero-order valence-corrected chi connectivity index (χ0v) is 10.4. The first-order chi connectivity index (χ1) is 8.08. The molecule has 17 heavy (non-hydrogen) atoms. The summed E-state index contributed by atoms with van der Waals surface area (Å²) in [5, 5.41) is 7.56. The van der Waals surface area contributed by atoms with Crippen LogP contribution in [0.1, 0.15) is 11.3 Å². The second kappa shape index (κ2) is 4.75. The molecular weight excluding hydrogens is 241 g/mol. The third-order valence-corrected chi connectivity index (χ3v) is 2.94. The van der Waals surface area contributed by atoms with Gasteiger partial charge < -0.3 is 5.32 Å². The van der Waals surface area contributed by atoms with Crippen LogP contribution < -0.4 is 5.32 Å². The van der Waals surface area contributed by atoms with Gasteiger partial charge in [-0.3, -0.25) is 4.68 Å². The number of rotatable bonds is 3. The molecule has 0 bridgehead atoms. The van der Waals surface area contributed by atoms with Crippen LogP contribution in [0.2, 0.25) is 5.02 Å². The summed E-state index contributed by atoms with van der Waals surface area (Å²) < 4.78 is 14.9. The molecule has 0 saturated carbocycles. The molecule has 0 fully saturated rings. The number of benzene rings is 1. The molecule has 1 aromatic heterocycles. The first kappa shape index (κ1) is 11.9. The van der Waals surface area contributed by atoms with Gasteiger partial charge in [0.15, 0.2) is 0 Å². The van der Waals surface area contributed by atoms with E-state index < -0.39 is 5.82 Å². The lowest BCUT2D eigenvalue weighted by atomic mass is 10.2.